The molecule has 2 rings (SSSR count). The fraction of sp³-hybridized carbons (Fsp3) is 0.733. The van der Waals surface area contributed by atoms with Gasteiger partial charge in [-0.25, -0.2) is 0 Å². The van der Waals surface area contributed by atoms with Crippen LogP contribution in [0.1, 0.15) is 46.0 Å². The summed E-state index contributed by atoms with van der Waals surface area (Å²) in [6.07, 6.45) is 5.16. The Morgan fingerprint density at radius 3 is 2.62 bits per heavy atom. The van der Waals surface area contributed by atoms with E-state index in [2.05, 4.69) is 34.4 Å². The number of aromatic nitrogens is 2. The lowest BCUT2D eigenvalue weighted by molar-refractivity contribution is 0.155. The number of hydrogen-bond donors (Lipinski definition) is 4. The number of nitrogens with two attached hydrogens (primary N) is 1. The normalized spacial score (nSPS) is 25.6. The van der Waals surface area contributed by atoms with E-state index in [-0.39, 0.29) is 18.1 Å². The zero-order valence-electron chi connectivity index (χ0n) is 13.0. The Labute approximate surface area is 126 Å². The molecular formula is C15H27N5O. The first-order chi connectivity index (χ1) is 10.1. The van der Waals surface area contributed by atoms with Crippen LogP contribution in [-0.4, -0.2) is 33.8 Å². The van der Waals surface area contributed by atoms with Crippen LogP contribution in [0.4, 0.5) is 17.6 Å². The quantitative estimate of drug-likeness (QED) is 0.642. The van der Waals surface area contributed by atoms with E-state index >= 15 is 0 Å². The predicted molar refractivity (Wildman–Crippen MR) is 86.3 cm³/mol. The van der Waals surface area contributed by atoms with Gasteiger partial charge in [-0.05, 0) is 38.0 Å². The van der Waals surface area contributed by atoms with Gasteiger partial charge in [-0.2, -0.15) is 9.97 Å². The van der Waals surface area contributed by atoms with E-state index in [0.29, 0.717) is 5.82 Å². The maximum Gasteiger partial charge on any atom is 0.223 e. The predicted octanol–water partition coefficient (Wildman–Crippen LogP) is 2.23. The molecule has 0 unspecified atom stereocenters. The molecule has 0 spiro atoms. The Kier molecular flexibility index (Phi) is 5.22. The van der Waals surface area contributed by atoms with Crippen molar-refractivity contribution >= 4 is 17.6 Å². The summed E-state index contributed by atoms with van der Waals surface area (Å²) in [6.45, 7) is 5.32. The van der Waals surface area contributed by atoms with E-state index in [1.807, 2.05) is 6.07 Å². The van der Waals surface area contributed by atoms with Gasteiger partial charge in [0.1, 0.15) is 11.6 Å². The minimum Gasteiger partial charge on any atom is -0.394 e. The molecule has 1 aliphatic carbocycles. The fourth-order valence-electron chi connectivity index (χ4n) is 2.78. The highest BCUT2D eigenvalue weighted by molar-refractivity contribution is 5.52. The van der Waals surface area contributed by atoms with Crippen molar-refractivity contribution < 1.29 is 5.11 Å². The first-order valence-electron chi connectivity index (χ1n) is 7.84. The van der Waals surface area contributed by atoms with E-state index in [0.717, 1.165) is 50.4 Å². The maximum atomic E-state index is 9.82. The van der Waals surface area contributed by atoms with Gasteiger partial charge in [-0.1, -0.05) is 13.8 Å². The number of hydrogen-bond acceptors (Lipinski definition) is 6. The van der Waals surface area contributed by atoms with Crippen LogP contribution in [0.5, 0.6) is 0 Å². The fourth-order valence-corrected chi connectivity index (χ4v) is 2.78. The zero-order chi connectivity index (χ0) is 15.3. The Bertz CT molecular complexity index is 457. The molecule has 6 heteroatoms. The molecule has 1 aliphatic rings. The number of nitrogens with one attached hydrogen (secondary N) is 2. The molecule has 0 amide bonds. The third kappa shape index (κ3) is 4.20. The van der Waals surface area contributed by atoms with Gasteiger partial charge in [0, 0.05) is 12.6 Å². The van der Waals surface area contributed by atoms with Crippen LogP contribution in [0.15, 0.2) is 6.07 Å². The maximum absolute atomic E-state index is 9.82. The van der Waals surface area contributed by atoms with E-state index in [1.165, 1.54) is 0 Å². The number of nitrogen functional groups attached to an aromatic ring is 1. The van der Waals surface area contributed by atoms with Gasteiger partial charge in [-0.3, -0.25) is 0 Å². The van der Waals surface area contributed by atoms with Crippen molar-refractivity contribution in [1.82, 2.24) is 9.97 Å². The van der Waals surface area contributed by atoms with Crippen molar-refractivity contribution in [2.75, 3.05) is 29.5 Å². The molecule has 0 aromatic carbocycles. The molecule has 1 saturated carbocycles. The average molecular weight is 293 g/mol. The van der Waals surface area contributed by atoms with E-state index < -0.39 is 0 Å². The first-order valence-corrected chi connectivity index (χ1v) is 7.84. The van der Waals surface area contributed by atoms with Crippen LogP contribution in [0, 0.1) is 5.92 Å². The minimum atomic E-state index is -0.282. The van der Waals surface area contributed by atoms with Crippen molar-refractivity contribution in [2.24, 2.45) is 5.92 Å². The summed E-state index contributed by atoms with van der Waals surface area (Å²) in [5, 5.41) is 16.4. The first kappa shape index (κ1) is 15.8. The van der Waals surface area contributed by atoms with Crippen molar-refractivity contribution in [3.63, 3.8) is 0 Å². The van der Waals surface area contributed by atoms with Gasteiger partial charge in [-0.15, -0.1) is 0 Å². The van der Waals surface area contributed by atoms with Crippen LogP contribution in [0.2, 0.25) is 0 Å². The van der Waals surface area contributed by atoms with Gasteiger partial charge < -0.3 is 21.5 Å². The minimum absolute atomic E-state index is 0.112. The number of anilines is 3. The van der Waals surface area contributed by atoms with Crippen LogP contribution in [0.25, 0.3) is 0 Å². The van der Waals surface area contributed by atoms with E-state index in [1.54, 1.807) is 0 Å². The summed E-state index contributed by atoms with van der Waals surface area (Å²) in [4.78, 5) is 8.43. The summed E-state index contributed by atoms with van der Waals surface area (Å²) in [5.74, 6) is 2.38. The Hall–Kier alpha value is -1.56. The lowest BCUT2D eigenvalue weighted by Crippen LogP contribution is -2.45. The van der Waals surface area contributed by atoms with Crippen LogP contribution < -0.4 is 16.4 Å². The van der Waals surface area contributed by atoms with Crippen LogP contribution >= 0.6 is 0 Å². The molecule has 118 valence electrons. The molecule has 1 aromatic rings. The standard InChI is InChI=1S/C15H27N5O/c1-3-8-17-12-9-13(19-14(16)18-12)20-15(10-21)6-4-11(2)5-7-15/h9,11,21H,3-8,10H2,1-2H3,(H4,16,17,18,19,20). The molecule has 0 radical (unpaired) electrons. The number of aliphatic hydroxyl groups is 1. The highest BCUT2D eigenvalue weighted by Gasteiger charge is 2.34. The highest BCUT2D eigenvalue weighted by atomic mass is 16.3. The SMILES string of the molecule is CCCNc1cc(NC2(CO)CCC(C)CC2)nc(N)n1. The zero-order valence-corrected chi connectivity index (χ0v) is 13.0. The molecule has 21 heavy (non-hydrogen) atoms. The Balaban J connectivity index is 2.11. The highest BCUT2D eigenvalue weighted by Crippen LogP contribution is 2.34. The molecule has 0 bridgehead atoms. The molecular weight excluding hydrogens is 266 g/mol. The lowest BCUT2D eigenvalue weighted by Gasteiger charge is -2.39. The molecule has 0 aliphatic heterocycles. The van der Waals surface area contributed by atoms with Gasteiger partial charge >= 0.3 is 0 Å². The topological polar surface area (TPSA) is 96.1 Å². The molecule has 6 nitrogen and oxygen atoms in total. The largest absolute Gasteiger partial charge is 0.394 e. The average Bonchev–Trinajstić information content (AvgIpc) is 2.47. The number of nitrogens with zero attached hydrogens (tertiary/aromatic N) is 2. The molecule has 0 atom stereocenters. The Morgan fingerprint density at radius 1 is 1.33 bits per heavy atom. The second-order valence-electron chi connectivity index (χ2n) is 6.17. The Morgan fingerprint density at radius 2 is 2.00 bits per heavy atom. The van der Waals surface area contributed by atoms with Crippen LogP contribution in [0.3, 0.4) is 0 Å². The third-order valence-electron chi connectivity index (χ3n) is 4.23. The third-order valence-corrected chi connectivity index (χ3v) is 4.23. The van der Waals surface area contributed by atoms with Crippen molar-refractivity contribution in [3.8, 4) is 0 Å². The molecule has 1 fully saturated rings. The molecule has 1 heterocycles. The van der Waals surface area contributed by atoms with Gasteiger partial charge in [0.25, 0.3) is 0 Å². The second-order valence-corrected chi connectivity index (χ2v) is 6.17. The smallest absolute Gasteiger partial charge is 0.223 e. The van der Waals surface area contributed by atoms with Crippen molar-refractivity contribution in [1.29, 1.82) is 0 Å². The van der Waals surface area contributed by atoms with E-state index in [4.69, 9.17) is 5.73 Å². The van der Waals surface area contributed by atoms with Gasteiger partial charge in [0.15, 0.2) is 0 Å². The summed E-state index contributed by atoms with van der Waals surface area (Å²) < 4.78 is 0. The number of aliphatic hydroxyl groups excluding tert-OH is 1. The summed E-state index contributed by atoms with van der Waals surface area (Å²) in [6, 6.07) is 1.86. The summed E-state index contributed by atoms with van der Waals surface area (Å²) in [7, 11) is 0. The molecule has 0 saturated heterocycles. The molecule has 1 aromatic heterocycles. The van der Waals surface area contributed by atoms with Gasteiger partial charge in [0.05, 0.1) is 12.1 Å². The van der Waals surface area contributed by atoms with Gasteiger partial charge in [0.2, 0.25) is 5.95 Å². The van der Waals surface area contributed by atoms with Crippen molar-refractivity contribution in [3.05, 3.63) is 6.07 Å². The summed E-state index contributed by atoms with van der Waals surface area (Å²) in [5.41, 5.74) is 5.50. The van der Waals surface area contributed by atoms with Crippen molar-refractivity contribution in [2.45, 2.75) is 51.5 Å². The summed E-state index contributed by atoms with van der Waals surface area (Å²) >= 11 is 0. The number of rotatable bonds is 6. The van der Waals surface area contributed by atoms with E-state index in [9.17, 15) is 5.11 Å². The lowest BCUT2D eigenvalue weighted by atomic mass is 9.77. The van der Waals surface area contributed by atoms with Crippen LogP contribution in [-0.2, 0) is 0 Å². The monoisotopic (exact) mass is 293 g/mol. The second kappa shape index (κ2) is 6.93. The molecule has 5 N–H and O–H groups in total.